The lowest BCUT2D eigenvalue weighted by atomic mass is 10.0. The number of alkyl halides is 3. The van der Waals surface area contributed by atoms with Crippen molar-refractivity contribution >= 4 is 22.9 Å². The SMILES string of the molecule is CC(C)C[C@H](Nc1cscc1-c1ccc(C(F)(F)F)cc1)C(=O)NCC#N. The van der Waals surface area contributed by atoms with Crippen LogP contribution in [0.2, 0.25) is 0 Å². The van der Waals surface area contributed by atoms with E-state index in [0.29, 0.717) is 17.7 Å². The van der Waals surface area contributed by atoms with E-state index in [4.69, 9.17) is 5.26 Å². The molecule has 1 heterocycles. The molecule has 144 valence electrons. The van der Waals surface area contributed by atoms with Gasteiger partial charge in [-0.25, -0.2) is 0 Å². The van der Waals surface area contributed by atoms with Crippen LogP contribution in [0, 0.1) is 17.2 Å². The minimum Gasteiger partial charge on any atom is -0.372 e. The fraction of sp³-hybridized carbons (Fsp3) is 0.368. The van der Waals surface area contributed by atoms with Crippen molar-refractivity contribution in [2.45, 2.75) is 32.5 Å². The van der Waals surface area contributed by atoms with Crippen molar-refractivity contribution in [2.75, 3.05) is 11.9 Å². The van der Waals surface area contributed by atoms with Gasteiger partial charge in [0.25, 0.3) is 0 Å². The maximum atomic E-state index is 12.7. The highest BCUT2D eigenvalue weighted by Gasteiger charge is 2.30. The number of amides is 1. The third-order valence-corrected chi connectivity index (χ3v) is 4.62. The number of nitriles is 1. The molecule has 0 aliphatic carbocycles. The van der Waals surface area contributed by atoms with E-state index >= 15 is 0 Å². The number of thiophene rings is 1. The zero-order chi connectivity index (χ0) is 20.0. The third-order valence-electron chi connectivity index (χ3n) is 3.88. The van der Waals surface area contributed by atoms with E-state index in [1.54, 1.807) is 0 Å². The summed E-state index contributed by atoms with van der Waals surface area (Å²) in [5.41, 5.74) is 1.34. The molecule has 0 fully saturated rings. The average molecular weight is 395 g/mol. The van der Waals surface area contributed by atoms with Crippen LogP contribution in [0.1, 0.15) is 25.8 Å². The number of hydrogen-bond acceptors (Lipinski definition) is 4. The Balaban J connectivity index is 2.23. The van der Waals surface area contributed by atoms with Crippen molar-refractivity contribution in [1.82, 2.24) is 5.32 Å². The molecule has 8 heteroatoms. The molecule has 0 saturated carbocycles. The van der Waals surface area contributed by atoms with Crippen molar-refractivity contribution in [2.24, 2.45) is 5.92 Å². The van der Waals surface area contributed by atoms with Crippen molar-refractivity contribution in [3.63, 3.8) is 0 Å². The molecule has 0 aliphatic rings. The van der Waals surface area contributed by atoms with Gasteiger partial charge < -0.3 is 10.6 Å². The second kappa shape index (κ2) is 8.91. The summed E-state index contributed by atoms with van der Waals surface area (Å²) in [6.45, 7) is 3.89. The highest BCUT2D eigenvalue weighted by molar-refractivity contribution is 7.08. The van der Waals surface area contributed by atoms with E-state index in [1.807, 2.05) is 30.7 Å². The van der Waals surface area contributed by atoms with Crippen LogP contribution in [-0.2, 0) is 11.0 Å². The standard InChI is InChI=1S/C19H20F3N3OS/c1-12(2)9-16(18(26)24-8-7-23)25-17-11-27-10-15(17)13-3-5-14(6-4-13)19(20,21)22/h3-6,10-12,16,25H,8-9H2,1-2H3,(H,24,26)/t16-/m0/s1. The number of nitrogens with zero attached hydrogens (tertiary/aromatic N) is 1. The molecule has 2 aromatic rings. The van der Waals surface area contributed by atoms with Crippen LogP contribution in [0.5, 0.6) is 0 Å². The zero-order valence-corrected chi connectivity index (χ0v) is 15.7. The van der Waals surface area contributed by atoms with Gasteiger partial charge in [0.05, 0.1) is 17.3 Å². The topological polar surface area (TPSA) is 64.9 Å². The summed E-state index contributed by atoms with van der Waals surface area (Å²) in [4.78, 5) is 12.3. The summed E-state index contributed by atoms with van der Waals surface area (Å²) < 4.78 is 38.2. The summed E-state index contributed by atoms with van der Waals surface area (Å²) in [6.07, 6.45) is -3.82. The van der Waals surface area contributed by atoms with Crippen molar-refractivity contribution < 1.29 is 18.0 Å². The van der Waals surface area contributed by atoms with E-state index < -0.39 is 17.8 Å². The van der Waals surface area contributed by atoms with E-state index in [0.717, 1.165) is 17.7 Å². The molecule has 0 unspecified atom stereocenters. The van der Waals surface area contributed by atoms with Gasteiger partial charge in [-0.05, 0) is 30.0 Å². The number of nitrogens with one attached hydrogen (secondary N) is 2. The molecule has 27 heavy (non-hydrogen) atoms. The van der Waals surface area contributed by atoms with Crippen LogP contribution < -0.4 is 10.6 Å². The summed E-state index contributed by atoms with van der Waals surface area (Å²) >= 11 is 1.39. The summed E-state index contributed by atoms with van der Waals surface area (Å²) in [5.74, 6) is -0.0432. The number of hydrogen-bond donors (Lipinski definition) is 2. The molecule has 1 aromatic carbocycles. The number of anilines is 1. The van der Waals surface area contributed by atoms with E-state index in [-0.39, 0.29) is 18.4 Å². The maximum absolute atomic E-state index is 12.7. The van der Waals surface area contributed by atoms with Gasteiger partial charge in [0.15, 0.2) is 0 Å². The Morgan fingerprint density at radius 2 is 1.89 bits per heavy atom. The number of carbonyl (C=O) groups excluding carboxylic acids is 1. The highest BCUT2D eigenvalue weighted by atomic mass is 32.1. The Morgan fingerprint density at radius 3 is 2.44 bits per heavy atom. The lowest BCUT2D eigenvalue weighted by molar-refractivity contribution is -0.137. The number of benzene rings is 1. The predicted octanol–water partition coefficient (Wildman–Crippen LogP) is 4.90. The van der Waals surface area contributed by atoms with E-state index in [1.165, 1.54) is 23.5 Å². The smallest absolute Gasteiger partial charge is 0.372 e. The Labute approximate surface area is 160 Å². The molecule has 0 aliphatic heterocycles. The van der Waals surface area contributed by atoms with Crippen LogP contribution in [0.4, 0.5) is 18.9 Å². The molecule has 0 saturated heterocycles. The first-order valence-corrected chi connectivity index (χ1v) is 9.31. The Kier molecular flexibility index (Phi) is 6.86. The molecule has 2 N–H and O–H groups in total. The molecule has 0 spiro atoms. The molecule has 1 atom stereocenters. The summed E-state index contributed by atoms with van der Waals surface area (Å²) in [7, 11) is 0. The second-order valence-corrected chi connectivity index (χ2v) is 7.22. The monoisotopic (exact) mass is 395 g/mol. The van der Waals surface area contributed by atoms with E-state index in [2.05, 4.69) is 10.6 Å². The van der Waals surface area contributed by atoms with Crippen LogP contribution in [0.25, 0.3) is 11.1 Å². The Hall–Kier alpha value is -2.53. The molecule has 1 aromatic heterocycles. The summed E-state index contributed by atoms with van der Waals surface area (Å²) in [5, 5.41) is 18.0. The first-order chi connectivity index (χ1) is 12.7. The van der Waals surface area contributed by atoms with Gasteiger partial charge in [-0.2, -0.15) is 18.4 Å². The molecule has 0 radical (unpaired) electrons. The normalized spacial score (nSPS) is 12.5. The largest absolute Gasteiger partial charge is 0.416 e. The Morgan fingerprint density at radius 1 is 1.22 bits per heavy atom. The van der Waals surface area contributed by atoms with Crippen LogP contribution in [-0.4, -0.2) is 18.5 Å². The molecular weight excluding hydrogens is 375 g/mol. The number of rotatable bonds is 7. The van der Waals surface area contributed by atoms with Crippen LogP contribution in [0.3, 0.4) is 0 Å². The second-order valence-electron chi connectivity index (χ2n) is 6.48. The molecule has 2 rings (SSSR count). The van der Waals surface area contributed by atoms with Crippen molar-refractivity contribution in [3.8, 4) is 17.2 Å². The molecule has 0 bridgehead atoms. The van der Waals surface area contributed by atoms with Gasteiger partial charge >= 0.3 is 6.18 Å². The first kappa shape index (κ1) is 20.8. The average Bonchev–Trinajstić information content (AvgIpc) is 3.06. The molecule has 1 amide bonds. The van der Waals surface area contributed by atoms with Gasteiger partial charge in [0, 0.05) is 16.3 Å². The quantitative estimate of drug-likeness (QED) is 0.656. The lowest BCUT2D eigenvalue weighted by Gasteiger charge is -2.21. The van der Waals surface area contributed by atoms with Gasteiger partial charge in [-0.1, -0.05) is 26.0 Å². The van der Waals surface area contributed by atoms with Crippen molar-refractivity contribution in [1.29, 1.82) is 5.26 Å². The fourth-order valence-electron chi connectivity index (χ4n) is 2.61. The van der Waals surface area contributed by atoms with Crippen LogP contribution >= 0.6 is 11.3 Å². The van der Waals surface area contributed by atoms with Crippen LogP contribution in [0.15, 0.2) is 35.0 Å². The van der Waals surface area contributed by atoms with E-state index in [9.17, 15) is 18.0 Å². The predicted molar refractivity (Wildman–Crippen MR) is 100 cm³/mol. The lowest BCUT2D eigenvalue weighted by Crippen LogP contribution is -2.40. The molecular formula is C19H20F3N3OS. The van der Waals surface area contributed by atoms with Gasteiger partial charge in [0.2, 0.25) is 5.91 Å². The number of halogens is 3. The van der Waals surface area contributed by atoms with Gasteiger partial charge in [-0.15, -0.1) is 11.3 Å². The van der Waals surface area contributed by atoms with Gasteiger partial charge in [0.1, 0.15) is 12.6 Å². The number of carbonyl (C=O) groups is 1. The minimum absolute atomic E-state index is 0.0789. The third kappa shape index (κ3) is 5.73. The summed E-state index contributed by atoms with van der Waals surface area (Å²) in [6, 6.07) is 6.26. The molecule has 4 nitrogen and oxygen atoms in total. The van der Waals surface area contributed by atoms with Crippen molar-refractivity contribution in [3.05, 3.63) is 40.6 Å². The zero-order valence-electron chi connectivity index (χ0n) is 14.9. The first-order valence-electron chi connectivity index (χ1n) is 8.37. The maximum Gasteiger partial charge on any atom is 0.416 e. The van der Waals surface area contributed by atoms with Gasteiger partial charge in [-0.3, -0.25) is 4.79 Å². The fourth-order valence-corrected chi connectivity index (χ4v) is 3.41. The Bertz CT molecular complexity index is 807. The highest BCUT2D eigenvalue weighted by Crippen LogP contribution is 2.35. The minimum atomic E-state index is -4.38.